The van der Waals surface area contributed by atoms with Gasteiger partial charge in [0.25, 0.3) is 5.56 Å². The summed E-state index contributed by atoms with van der Waals surface area (Å²) in [5.41, 5.74) is 0.176. The second-order valence-corrected chi connectivity index (χ2v) is 3.04. The molecule has 0 fully saturated rings. The van der Waals surface area contributed by atoms with Gasteiger partial charge in [-0.1, -0.05) is 0 Å². The number of benzene rings is 1. The van der Waals surface area contributed by atoms with Crippen molar-refractivity contribution in [3.8, 4) is 5.75 Å². The minimum atomic E-state index is -0.358. The monoisotopic (exact) mass is 191 g/mol. The van der Waals surface area contributed by atoms with Gasteiger partial charge in [0, 0.05) is 0 Å². The number of hydrogen-bond acceptors (Lipinski definition) is 4. The number of hydrogen-bond donors (Lipinski definition) is 2. The summed E-state index contributed by atoms with van der Waals surface area (Å²) >= 11 is 0. The number of aromatic nitrogens is 2. The summed E-state index contributed by atoms with van der Waals surface area (Å²) in [6.45, 7) is 1.65. The van der Waals surface area contributed by atoms with Crippen molar-refractivity contribution in [2.75, 3.05) is 5.84 Å². The molecule has 2 rings (SSSR count). The molecule has 0 saturated heterocycles. The van der Waals surface area contributed by atoms with Gasteiger partial charge in [-0.3, -0.25) is 4.79 Å². The number of nitrogen functional groups attached to an aromatic ring is 1. The van der Waals surface area contributed by atoms with Gasteiger partial charge in [-0.15, -0.1) is 0 Å². The molecule has 14 heavy (non-hydrogen) atoms. The van der Waals surface area contributed by atoms with E-state index in [0.29, 0.717) is 16.7 Å². The van der Waals surface area contributed by atoms with Crippen LogP contribution >= 0.6 is 0 Å². The fourth-order valence-corrected chi connectivity index (χ4v) is 1.30. The number of phenols is 1. The highest BCUT2D eigenvalue weighted by molar-refractivity contribution is 5.79. The molecule has 0 amide bonds. The van der Waals surface area contributed by atoms with Crippen LogP contribution < -0.4 is 11.4 Å². The van der Waals surface area contributed by atoms with Crippen LogP contribution in [0.25, 0.3) is 10.9 Å². The number of aryl methyl sites for hydroxylation is 1. The standard InChI is InChI=1S/C9H9N3O2/c1-5-11-8-3-2-6(13)4-7(8)9(14)12(5)10/h2-4,13H,10H2,1H3. The zero-order valence-electron chi connectivity index (χ0n) is 7.56. The molecule has 0 bridgehead atoms. The Hall–Kier alpha value is -2.04. The SMILES string of the molecule is Cc1nc2ccc(O)cc2c(=O)n1N. The summed E-state index contributed by atoms with van der Waals surface area (Å²) in [6, 6.07) is 4.42. The van der Waals surface area contributed by atoms with Gasteiger partial charge in [-0.25, -0.2) is 9.66 Å². The van der Waals surface area contributed by atoms with Gasteiger partial charge in [0.2, 0.25) is 0 Å². The first-order valence-electron chi connectivity index (χ1n) is 4.07. The van der Waals surface area contributed by atoms with Crippen molar-refractivity contribution in [2.24, 2.45) is 0 Å². The second kappa shape index (κ2) is 2.73. The predicted octanol–water partition coefficient (Wildman–Crippen LogP) is 0.124. The molecule has 0 aliphatic carbocycles. The van der Waals surface area contributed by atoms with Crippen molar-refractivity contribution < 1.29 is 5.11 Å². The van der Waals surface area contributed by atoms with Gasteiger partial charge >= 0.3 is 0 Å². The molecule has 5 nitrogen and oxygen atoms in total. The maximum Gasteiger partial charge on any atom is 0.279 e. The van der Waals surface area contributed by atoms with Crippen LogP contribution in [0.3, 0.4) is 0 Å². The highest BCUT2D eigenvalue weighted by Gasteiger charge is 2.05. The molecule has 0 aliphatic rings. The minimum absolute atomic E-state index is 0.0280. The lowest BCUT2D eigenvalue weighted by atomic mass is 10.2. The smallest absolute Gasteiger partial charge is 0.279 e. The van der Waals surface area contributed by atoms with E-state index < -0.39 is 0 Å². The van der Waals surface area contributed by atoms with E-state index in [1.54, 1.807) is 13.0 Å². The topological polar surface area (TPSA) is 81.1 Å². The lowest BCUT2D eigenvalue weighted by Gasteiger charge is -2.04. The normalized spacial score (nSPS) is 10.6. The molecule has 0 spiro atoms. The molecule has 0 aliphatic heterocycles. The molecule has 1 aromatic heterocycles. The maximum absolute atomic E-state index is 11.6. The second-order valence-electron chi connectivity index (χ2n) is 3.04. The molecule has 3 N–H and O–H groups in total. The molecule has 72 valence electrons. The summed E-state index contributed by atoms with van der Waals surface area (Å²) in [6.07, 6.45) is 0. The summed E-state index contributed by atoms with van der Waals surface area (Å²) in [5, 5.41) is 9.52. The van der Waals surface area contributed by atoms with Gasteiger partial charge in [0.1, 0.15) is 11.6 Å². The largest absolute Gasteiger partial charge is 0.508 e. The van der Waals surface area contributed by atoms with Gasteiger partial charge in [-0.05, 0) is 25.1 Å². The number of nitrogens with two attached hydrogens (primary N) is 1. The van der Waals surface area contributed by atoms with Gasteiger partial charge in [0.05, 0.1) is 10.9 Å². The summed E-state index contributed by atoms with van der Waals surface area (Å²) < 4.78 is 0.960. The Labute approximate surface area is 79.4 Å². The zero-order valence-corrected chi connectivity index (χ0v) is 7.56. The maximum atomic E-state index is 11.6. The van der Waals surface area contributed by atoms with Crippen molar-refractivity contribution in [3.63, 3.8) is 0 Å². The van der Waals surface area contributed by atoms with E-state index in [1.165, 1.54) is 12.1 Å². The van der Waals surface area contributed by atoms with Crippen LogP contribution in [-0.2, 0) is 0 Å². The Kier molecular flexibility index (Phi) is 1.67. The molecular formula is C9H9N3O2. The molecule has 0 saturated carbocycles. The van der Waals surface area contributed by atoms with Crippen molar-refractivity contribution in [2.45, 2.75) is 6.92 Å². The van der Waals surface area contributed by atoms with Crippen LogP contribution in [0.15, 0.2) is 23.0 Å². The van der Waals surface area contributed by atoms with Gasteiger partial charge < -0.3 is 10.9 Å². The van der Waals surface area contributed by atoms with Crippen LogP contribution in [0.1, 0.15) is 5.82 Å². The third kappa shape index (κ3) is 1.10. The van der Waals surface area contributed by atoms with Crippen LogP contribution in [0.2, 0.25) is 0 Å². The molecule has 0 radical (unpaired) electrons. The predicted molar refractivity (Wildman–Crippen MR) is 52.6 cm³/mol. The Morgan fingerprint density at radius 3 is 2.93 bits per heavy atom. The first kappa shape index (κ1) is 8.55. The van der Waals surface area contributed by atoms with Crippen molar-refractivity contribution in [3.05, 3.63) is 34.4 Å². The minimum Gasteiger partial charge on any atom is -0.508 e. The number of phenolic OH excluding ortho intramolecular Hbond substituents is 1. The Morgan fingerprint density at radius 2 is 2.21 bits per heavy atom. The Morgan fingerprint density at radius 1 is 1.50 bits per heavy atom. The lowest BCUT2D eigenvalue weighted by molar-refractivity contribution is 0.476. The van der Waals surface area contributed by atoms with E-state index in [-0.39, 0.29) is 11.3 Å². The zero-order chi connectivity index (χ0) is 10.3. The van der Waals surface area contributed by atoms with Crippen molar-refractivity contribution in [1.82, 2.24) is 9.66 Å². The fourth-order valence-electron chi connectivity index (χ4n) is 1.30. The third-order valence-corrected chi connectivity index (χ3v) is 2.06. The average molecular weight is 191 g/mol. The number of nitrogens with zero attached hydrogens (tertiary/aromatic N) is 2. The van der Waals surface area contributed by atoms with E-state index in [2.05, 4.69) is 4.98 Å². The molecular weight excluding hydrogens is 182 g/mol. The number of rotatable bonds is 0. The third-order valence-electron chi connectivity index (χ3n) is 2.06. The van der Waals surface area contributed by atoms with Crippen molar-refractivity contribution in [1.29, 1.82) is 0 Å². The van der Waals surface area contributed by atoms with Gasteiger partial charge in [-0.2, -0.15) is 0 Å². The highest BCUT2D eigenvalue weighted by Crippen LogP contribution is 2.14. The van der Waals surface area contributed by atoms with E-state index in [0.717, 1.165) is 4.68 Å². The fraction of sp³-hybridized carbons (Fsp3) is 0.111. The van der Waals surface area contributed by atoms with E-state index in [1.807, 2.05) is 0 Å². The Balaban J connectivity index is 2.99. The van der Waals surface area contributed by atoms with E-state index >= 15 is 0 Å². The summed E-state index contributed by atoms with van der Waals surface area (Å²) in [7, 11) is 0. The number of fused-ring (bicyclic) bond motifs is 1. The Bertz CT molecular complexity index is 560. The lowest BCUT2D eigenvalue weighted by Crippen LogP contribution is -2.30. The quantitative estimate of drug-likeness (QED) is 0.580. The average Bonchev–Trinajstić information content (AvgIpc) is 2.16. The molecule has 5 heteroatoms. The van der Waals surface area contributed by atoms with Crippen molar-refractivity contribution >= 4 is 10.9 Å². The van der Waals surface area contributed by atoms with Crippen LogP contribution in [0.5, 0.6) is 5.75 Å². The number of aromatic hydroxyl groups is 1. The first-order chi connectivity index (χ1) is 6.59. The van der Waals surface area contributed by atoms with Crippen LogP contribution in [0, 0.1) is 6.92 Å². The first-order valence-corrected chi connectivity index (χ1v) is 4.07. The molecule has 2 aromatic rings. The highest BCUT2D eigenvalue weighted by atomic mass is 16.3. The van der Waals surface area contributed by atoms with E-state index in [9.17, 15) is 9.90 Å². The van der Waals surface area contributed by atoms with E-state index in [4.69, 9.17) is 5.84 Å². The molecule has 1 heterocycles. The van der Waals surface area contributed by atoms with Gasteiger partial charge in [0.15, 0.2) is 0 Å². The van der Waals surface area contributed by atoms with Crippen LogP contribution in [0.4, 0.5) is 0 Å². The molecule has 1 aromatic carbocycles. The summed E-state index contributed by atoms with van der Waals surface area (Å²) in [4.78, 5) is 15.7. The molecule has 0 atom stereocenters. The summed E-state index contributed by atoms with van der Waals surface area (Å²) in [5.74, 6) is 5.92. The van der Waals surface area contributed by atoms with Crippen LogP contribution in [-0.4, -0.2) is 14.8 Å². The molecule has 0 unspecified atom stereocenters.